The lowest BCUT2D eigenvalue weighted by molar-refractivity contribution is 0.410. The summed E-state index contributed by atoms with van der Waals surface area (Å²) in [6, 6.07) is 0. The minimum atomic E-state index is -0.0775. The van der Waals surface area contributed by atoms with E-state index < -0.39 is 0 Å². The second-order valence-corrected chi connectivity index (χ2v) is 5.55. The molecule has 0 aliphatic heterocycles. The summed E-state index contributed by atoms with van der Waals surface area (Å²) in [6.07, 6.45) is 0.831. The summed E-state index contributed by atoms with van der Waals surface area (Å²) in [5.41, 5.74) is 2.07. The van der Waals surface area contributed by atoms with Gasteiger partial charge in [0.25, 0.3) is 0 Å². The highest BCUT2D eigenvalue weighted by atomic mass is 79.9. The summed E-state index contributed by atoms with van der Waals surface area (Å²) in [6.45, 7) is 4.06. The summed E-state index contributed by atoms with van der Waals surface area (Å²) in [4.78, 5) is 0. The van der Waals surface area contributed by atoms with Gasteiger partial charge in [-0.1, -0.05) is 6.92 Å². The number of alkyl halides is 2. The Morgan fingerprint density at radius 3 is 2.27 bits per heavy atom. The highest BCUT2D eigenvalue weighted by Crippen LogP contribution is 2.30. The molecule has 0 amide bonds. The van der Waals surface area contributed by atoms with E-state index in [-0.39, 0.29) is 5.41 Å². The Morgan fingerprint density at radius 1 is 1.40 bits per heavy atom. The zero-order valence-electron chi connectivity index (χ0n) is 9.15. The molecule has 0 saturated heterocycles. The Morgan fingerprint density at radius 2 is 1.93 bits per heavy atom. The maximum Gasteiger partial charge on any atom is 0.0738 e. The van der Waals surface area contributed by atoms with Crippen molar-refractivity contribution >= 4 is 39.1 Å². The zero-order chi connectivity index (χ0) is 11.6. The first-order chi connectivity index (χ1) is 6.93. The quantitative estimate of drug-likeness (QED) is 0.778. The van der Waals surface area contributed by atoms with Crippen LogP contribution in [0.15, 0.2) is 4.47 Å². The Bertz CT molecular complexity index is 345. The van der Waals surface area contributed by atoms with E-state index in [2.05, 4.69) is 28.0 Å². The molecule has 86 valence electrons. The van der Waals surface area contributed by atoms with Crippen molar-refractivity contribution in [2.24, 2.45) is 12.5 Å². The average Bonchev–Trinajstić information content (AvgIpc) is 2.45. The van der Waals surface area contributed by atoms with E-state index in [0.717, 1.165) is 22.3 Å². The van der Waals surface area contributed by atoms with E-state index in [1.807, 2.05) is 18.7 Å². The third kappa shape index (κ3) is 2.89. The molecule has 2 nitrogen and oxygen atoms in total. The fourth-order valence-electron chi connectivity index (χ4n) is 1.41. The van der Waals surface area contributed by atoms with Crippen molar-refractivity contribution in [2.75, 3.05) is 11.8 Å². The number of nitrogens with zero attached hydrogens (tertiary/aromatic N) is 2. The van der Waals surface area contributed by atoms with Gasteiger partial charge in [0.1, 0.15) is 0 Å². The van der Waals surface area contributed by atoms with Crippen molar-refractivity contribution in [3.63, 3.8) is 0 Å². The van der Waals surface area contributed by atoms with Crippen LogP contribution < -0.4 is 0 Å². The van der Waals surface area contributed by atoms with E-state index in [9.17, 15) is 0 Å². The van der Waals surface area contributed by atoms with Gasteiger partial charge in [-0.25, -0.2) is 0 Å². The number of hydrogen-bond donors (Lipinski definition) is 0. The molecule has 0 bridgehead atoms. The van der Waals surface area contributed by atoms with Crippen LogP contribution in [0.1, 0.15) is 18.3 Å². The topological polar surface area (TPSA) is 17.8 Å². The Balaban J connectivity index is 2.98. The summed E-state index contributed by atoms with van der Waals surface area (Å²) >= 11 is 15.4. The third-order valence-electron chi connectivity index (χ3n) is 2.50. The normalized spacial score (nSPS) is 12.1. The van der Waals surface area contributed by atoms with Crippen LogP contribution in [-0.2, 0) is 13.5 Å². The van der Waals surface area contributed by atoms with Crippen molar-refractivity contribution in [3.8, 4) is 0 Å². The van der Waals surface area contributed by atoms with E-state index in [0.29, 0.717) is 11.8 Å². The molecule has 0 aromatic carbocycles. The summed E-state index contributed by atoms with van der Waals surface area (Å²) in [7, 11) is 1.94. The second-order valence-electron chi connectivity index (χ2n) is 4.22. The van der Waals surface area contributed by atoms with Crippen LogP contribution in [0, 0.1) is 12.3 Å². The fraction of sp³-hybridized carbons (Fsp3) is 0.700. The van der Waals surface area contributed by atoms with Crippen molar-refractivity contribution in [3.05, 3.63) is 15.9 Å². The highest BCUT2D eigenvalue weighted by molar-refractivity contribution is 9.10. The lowest BCUT2D eigenvalue weighted by Gasteiger charge is -2.24. The van der Waals surface area contributed by atoms with E-state index >= 15 is 0 Å². The Hall–Kier alpha value is 0.270. The monoisotopic (exact) mass is 312 g/mol. The SMILES string of the molecule is Cc1nn(C)c(CC(C)(CCl)CCl)c1Br. The molecule has 5 heteroatoms. The van der Waals surface area contributed by atoms with Crippen LogP contribution >= 0.6 is 39.1 Å². The van der Waals surface area contributed by atoms with E-state index in [4.69, 9.17) is 23.2 Å². The molecule has 0 spiro atoms. The second kappa shape index (κ2) is 5.07. The van der Waals surface area contributed by atoms with Crippen molar-refractivity contribution in [1.29, 1.82) is 0 Å². The van der Waals surface area contributed by atoms with Gasteiger partial charge in [0, 0.05) is 24.2 Å². The smallest absolute Gasteiger partial charge is 0.0738 e. The van der Waals surface area contributed by atoms with Gasteiger partial charge in [-0.05, 0) is 29.3 Å². The van der Waals surface area contributed by atoms with Gasteiger partial charge in [-0.3, -0.25) is 4.68 Å². The number of rotatable bonds is 4. The molecule has 0 unspecified atom stereocenters. The number of hydrogen-bond acceptors (Lipinski definition) is 1. The molecule has 0 aliphatic rings. The van der Waals surface area contributed by atoms with E-state index in [1.54, 1.807) is 0 Å². The first-order valence-electron chi connectivity index (χ1n) is 4.73. The van der Waals surface area contributed by atoms with Crippen LogP contribution in [0.3, 0.4) is 0 Å². The maximum absolute atomic E-state index is 5.94. The summed E-state index contributed by atoms with van der Waals surface area (Å²) in [5, 5.41) is 4.35. The lowest BCUT2D eigenvalue weighted by Crippen LogP contribution is -2.25. The lowest BCUT2D eigenvalue weighted by atomic mass is 9.90. The first kappa shape index (κ1) is 13.3. The molecule has 0 radical (unpaired) electrons. The zero-order valence-corrected chi connectivity index (χ0v) is 12.2. The molecule has 1 rings (SSSR count). The van der Waals surface area contributed by atoms with Crippen molar-refractivity contribution < 1.29 is 0 Å². The Kier molecular flexibility index (Phi) is 4.50. The van der Waals surface area contributed by atoms with Gasteiger partial charge in [0.2, 0.25) is 0 Å². The van der Waals surface area contributed by atoms with Crippen LogP contribution in [0.5, 0.6) is 0 Å². The van der Waals surface area contributed by atoms with Crippen LogP contribution in [-0.4, -0.2) is 21.5 Å². The van der Waals surface area contributed by atoms with Gasteiger partial charge in [-0.2, -0.15) is 5.10 Å². The van der Waals surface area contributed by atoms with Crippen molar-refractivity contribution in [2.45, 2.75) is 20.3 Å². The minimum Gasteiger partial charge on any atom is -0.271 e. The van der Waals surface area contributed by atoms with Gasteiger partial charge in [-0.15, -0.1) is 23.2 Å². The molecule has 15 heavy (non-hydrogen) atoms. The van der Waals surface area contributed by atoms with Crippen molar-refractivity contribution in [1.82, 2.24) is 9.78 Å². The van der Waals surface area contributed by atoms with Gasteiger partial charge >= 0.3 is 0 Å². The molecular weight excluding hydrogens is 299 g/mol. The molecule has 0 aliphatic carbocycles. The molecule has 1 heterocycles. The van der Waals surface area contributed by atoms with Gasteiger partial charge in [0.05, 0.1) is 15.9 Å². The molecule has 0 N–H and O–H groups in total. The predicted octanol–water partition coefficient (Wildman–Crippen LogP) is 3.52. The molecule has 1 aromatic rings. The van der Waals surface area contributed by atoms with Gasteiger partial charge < -0.3 is 0 Å². The molecule has 0 fully saturated rings. The number of halogens is 3. The fourth-order valence-corrected chi connectivity index (χ4v) is 2.36. The number of aromatic nitrogens is 2. The summed E-state index contributed by atoms with van der Waals surface area (Å²) < 4.78 is 2.95. The molecule has 1 aromatic heterocycles. The summed E-state index contributed by atoms with van der Waals surface area (Å²) in [5.74, 6) is 1.10. The van der Waals surface area contributed by atoms with Gasteiger partial charge in [0.15, 0.2) is 0 Å². The number of aryl methyl sites for hydroxylation is 2. The van der Waals surface area contributed by atoms with Crippen LogP contribution in [0.4, 0.5) is 0 Å². The standard InChI is InChI=1S/C10H15BrCl2N2/c1-7-9(11)8(15(3)14-7)4-10(2,5-12)6-13/h4-6H2,1-3H3. The highest BCUT2D eigenvalue weighted by Gasteiger charge is 2.26. The first-order valence-corrected chi connectivity index (χ1v) is 6.59. The molecule has 0 atom stereocenters. The van der Waals surface area contributed by atoms with Crippen LogP contribution in [0.2, 0.25) is 0 Å². The molecular formula is C10H15BrCl2N2. The van der Waals surface area contributed by atoms with E-state index in [1.165, 1.54) is 0 Å². The Labute approximate surface area is 109 Å². The third-order valence-corrected chi connectivity index (χ3v) is 4.82. The largest absolute Gasteiger partial charge is 0.271 e. The average molecular weight is 314 g/mol. The predicted molar refractivity (Wildman–Crippen MR) is 68.9 cm³/mol. The molecule has 0 saturated carbocycles. The maximum atomic E-state index is 5.94. The van der Waals surface area contributed by atoms with Crippen LogP contribution in [0.25, 0.3) is 0 Å². The minimum absolute atomic E-state index is 0.0775.